The number of pyridine rings is 3. The van der Waals surface area contributed by atoms with Gasteiger partial charge in [0.2, 0.25) is 0 Å². The summed E-state index contributed by atoms with van der Waals surface area (Å²) in [7, 11) is 0. The molecule has 0 saturated heterocycles. The highest BCUT2D eigenvalue weighted by Gasteiger charge is 2.17. The molecule has 6 nitrogen and oxygen atoms in total. The number of aromatic nitrogens is 3. The lowest BCUT2D eigenvalue weighted by Gasteiger charge is -2.16. The summed E-state index contributed by atoms with van der Waals surface area (Å²) in [5.41, 5.74) is 2.29. The number of hydrogen-bond acceptors (Lipinski definition) is 5. The van der Waals surface area contributed by atoms with Crippen molar-refractivity contribution in [3.8, 4) is 11.4 Å². The molecule has 0 aliphatic rings. The van der Waals surface area contributed by atoms with E-state index in [0.717, 1.165) is 0 Å². The molecule has 0 spiro atoms. The maximum Gasteiger partial charge on any atom is 0.277 e. The van der Waals surface area contributed by atoms with Gasteiger partial charge in [-0.3, -0.25) is 24.1 Å². The molecule has 0 bridgehead atoms. The van der Waals surface area contributed by atoms with Crippen molar-refractivity contribution in [1.29, 1.82) is 0 Å². The number of Topliss-reactive ketones (excluding diaryl/α,β-unsaturated/α-hetero) is 1. The molecule has 0 aliphatic heterocycles. The average Bonchev–Trinajstić information content (AvgIpc) is 2.66. The Kier molecular flexibility index (Phi) is 5.79. The second-order valence-corrected chi connectivity index (χ2v) is 7.12. The van der Waals surface area contributed by atoms with Crippen LogP contribution in [0.1, 0.15) is 39.9 Å². The third kappa shape index (κ3) is 4.19. The Bertz CT molecular complexity index is 1170. The number of ketones is 1. The lowest BCUT2D eigenvalue weighted by molar-refractivity contribution is 0.101. The average molecular weight is 416 g/mol. The molecule has 3 aromatic rings. The molecule has 0 atom stereocenters. The highest BCUT2D eigenvalue weighted by Crippen LogP contribution is 2.25. The molecule has 0 aliphatic carbocycles. The van der Waals surface area contributed by atoms with Crippen molar-refractivity contribution in [3.05, 3.63) is 80.0 Å². The highest BCUT2D eigenvalue weighted by atomic mass is 35.5. The molecule has 3 rings (SSSR count). The van der Waals surface area contributed by atoms with Crippen LogP contribution < -0.4 is 10.3 Å². The minimum absolute atomic E-state index is 0.115. The summed E-state index contributed by atoms with van der Waals surface area (Å²) >= 11 is 6.25. The Balaban J connectivity index is 2.00. The van der Waals surface area contributed by atoms with E-state index in [1.807, 2.05) is 0 Å². The van der Waals surface area contributed by atoms with Crippen molar-refractivity contribution in [2.75, 3.05) is 0 Å². The zero-order valence-electron chi connectivity index (χ0n) is 16.4. The van der Waals surface area contributed by atoms with Gasteiger partial charge < -0.3 is 4.74 Å². The first kappa shape index (κ1) is 20.7. The van der Waals surface area contributed by atoms with Crippen molar-refractivity contribution >= 4 is 17.4 Å². The molecule has 0 N–H and O–H groups in total. The summed E-state index contributed by atoms with van der Waals surface area (Å²) in [4.78, 5) is 32.7. The first-order chi connectivity index (χ1) is 13.7. The number of aryl methyl sites for hydroxylation is 3. The highest BCUT2D eigenvalue weighted by molar-refractivity contribution is 6.31. The minimum atomic E-state index is -0.511. The van der Waals surface area contributed by atoms with Crippen molar-refractivity contribution < 1.29 is 13.9 Å². The van der Waals surface area contributed by atoms with Gasteiger partial charge in [0.05, 0.1) is 5.69 Å². The van der Waals surface area contributed by atoms with E-state index in [-0.39, 0.29) is 34.6 Å². The summed E-state index contributed by atoms with van der Waals surface area (Å²) in [6, 6.07) is 4.49. The maximum atomic E-state index is 14.0. The van der Waals surface area contributed by atoms with E-state index in [9.17, 15) is 14.0 Å². The van der Waals surface area contributed by atoms with Crippen molar-refractivity contribution in [2.45, 2.75) is 34.3 Å². The topological polar surface area (TPSA) is 74.1 Å². The molecule has 3 heterocycles. The van der Waals surface area contributed by atoms with Crippen LogP contribution in [0.3, 0.4) is 0 Å². The second kappa shape index (κ2) is 8.13. The van der Waals surface area contributed by atoms with Crippen LogP contribution in [0.15, 0.2) is 35.4 Å². The van der Waals surface area contributed by atoms with Gasteiger partial charge in [-0.25, -0.2) is 4.39 Å². The van der Waals surface area contributed by atoms with Crippen LogP contribution in [0, 0.1) is 26.6 Å². The fraction of sp³-hybridized carbons (Fsp3) is 0.238. The molecular formula is C21H19ClFN3O3. The van der Waals surface area contributed by atoms with E-state index >= 15 is 0 Å². The Morgan fingerprint density at radius 1 is 1.17 bits per heavy atom. The second-order valence-electron chi connectivity index (χ2n) is 6.75. The number of rotatable bonds is 5. The number of carbonyl (C=O) groups is 1. The van der Waals surface area contributed by atoms with Gasteiger partial charge in [0.15, 0.2) is 5.78 Å². The number of nitrogens with zero attached hydrogens (tertiary/aromatic N) is 3. The van der Waals surface area contributed by atoms with Crippen molar-refractivity contribution in [2.24, 2.45) is 0 Å². The number of hydrogen-bond donors (Lipinski definition) is 0. The molecule has 0 aromatic carbocycles. The summed E-state index contributed by atoms with van der Waals surface area (Å²) < 4.78 is 20.9. The van der Waals surface area contributed by atoms with Crippen LogP contribution in [-0.2, 0) is 6.61 Å². The molecule has 3 aromatic heterocycles. The van der Waals surface area contributed by atoms with Gasteiger partial charge in [-0.05, 0) is 44.0 Å². The quantitative estimate of drug-likeness (QED) is 0.586. The minimum Gasteiger partial charge on any atom is -0.485 e. The molecule has 29 heavy (non-hydrogen) atoms. The van der Waals surface area contributed by atoms with E-state index < -0.39 is 11.4 Å². The number of carbonyl (C=O) groups excluding carboxylic acids is 1. The molecule has 0 saturated carbocycles. The summed E-state index contributed by atoms with van der Waals surface area (Å²) in [5.74, 6) is -0.573. The summed E-state index contributed by atoms with van der Waals surface area (Å²) in [6.45, 7) is 6.46. The smallest absolute Gasteiger partial charge is 0.277 e. The van der Waals surface area contributed by atoms with E-state index in [2.05, 4.69) is 9.97 Å². The van der Waals surface area contributed by atoms with Gasteiger partial charge in [0.1, 0.15) is 34.6 Å². The van der Waals surface area contributed by atoms with E-state index in [4.69, 9.17) is 16.3 Å². The van der Waals surface area contributed by atoms with Crippen molar-refractivity contribution in [3.63, 3.8) is 0 Å². The van der Waals surface area contributed by atoms with Crippen LogP contribution in [0.4, 0.5) is 4.39 Å². The SMILES string of the molecule is CC(=O)c1cc(-n2c(C)cc(OCc3ncc(C)cc3F)c(Cl)c2=O)c(C)cn1. The maximum absolute atomic E-state index is 14.0. The van der Waals surface area contributed by atoms with Gasteiger partial charge in [0, 0.05) is 31.1 Å². The van der Waals surface area contributed by atoms with E-state index in [1.165, 1.54) is 30.0 Å². The van der Waals surface area contributed by atoms with Gasteiger partial charge in [-0.1, -0.05) is 11.6 Å². The van der Waals surface area contributed by atoms with Gasteiger partial charge in [0.25, 0.3) is 5.56 Å². The standard InChI is InChI=1S/C21H19ClFN3O3/c1-11-5-15(23)17(24-8-11)10-29-19-6-13(3)26(21(28)20(19)22)18-7-16(14(4)27)25-9-12(18)2/h5-9H,10H2,1-4H3. The van der Waals surface area contributed by atoms with Crippen LogP contribution in [-0.4, -0.2) is 20.3 Å². The Morgan fingerprint density at radius 3 is 2.55 bits per heavy atom. The molecule has 0 radical (unpaired) electrons. The summed E-state index contributed by atoms with van der Waals surface area (Å²) in [5, 5.41) is -0.149. The third-order valence-electron chi connectivity index (χ3n) is 4.39. The van der Waals surface area contributed by atoms with E-state index in [1.54, 1.807) is 32.9 Å². The molecular weight excluding hydrogens is 397 g/mol. The third-order valence-corrected chi connectivity index (χ3v) is 4.74. The van der Waals surface area contributed by atoms with Crippen LogP contribution in [0.5, 0.6) is 5.75 Å². The van der Waals surface area contributed by atoms with Crippen LogP contribution in [0.2, 0.25) is 5.02 Å². The van der Waals surface area contributed by atoms with Crippen molar-refractivity contribution in [1.82, 2.24) is 14.5 Å². The Hall–Kier alpha value is -3.06. The molecule has 0 fully saturated rings. The first-order valence-corrected chi connectivity index (χ1v) is 9.20. The number of halogens is 2. The Morgan fingerprint density at radius 2 is 1.90 bits per heavy atom. The molecule has 8 heteroatoms. The van der Waals surface area contributed by atoms with E-state index in [0.29, 0.717) is 22.5 Å². The lowest BCUT2D eigenvalue weighted by Crippen LogP contribution is -2.23. The normalized spacial score (nSPS) is 10.8. The van der Waals surface area contributed by atoms with Crippen LogP contribution >= 0.6 is 11.6 Å². The summed E-state index contributed by atoms with van der Waals surface area (Å²) in [6.07, 6.45) is 3.06. The van der Waals surface area contributed by atoms with Gasteiger partial charge in [-0.2, -0.15) is 0 Å². The monoisotopic (exact) mass is 415 g/mol. The largest absolute Gasteiger partial charge is 0.485 e. The van der Waals surface area contributed by atoms with Crippen LogP contribution in [0.25, 0.3) is 5.69 Å². The van der Waals surface area contributed by atoms with Gasteiger partial charge in [-0.15, -0.1) is 0 Å². The first-order valence-electron chi connectivity index (χ1n) is 8.83. The Labute approximate surface area is 172 Å². The van der Waals surface area contributed by atoms with Gasteiger partial charge >= 0.3 is 0 Å². The predicted molar refractivity (Wildman–Crippen MR) is 108 cm³/mol. The molecule has 150 valence electrons. The molecule has 0 unspecified atom stereocenters. The zero-order chi connectivity index (χ0) is 21.3. The number of ether oxygens (including phenoxy) is 1. The zero-order valence-corrected chi connectivity index (χ0v) is 17.2. The predicted octanol–water partition coefficient (Wildman–Crippen LogP) is 4.13. The fourth-order valence-electron chi connectivity index (χ4n) is 2.85. The fourth-order valence-corrected chi connectivity index (χ4v) is 3.04. The lowest BCUT2D eigenvalue weighted by atomic mass is 10.1. The molecule has 0 amide bonds.